The first kappa shape index (κ1) is 22.9. The van der Waals surface area contributed by atoms with Gasteiger partial charge >= 0.3 is 6.18 Å². The Bertz CT molecular complexity index is 1100. The van der Waals surface area contributed by atoms with Gasteiger partial charge in [0, 0.05) is 13.7 Å². The SMILES string of the molecule is COCc1nc(OC)c2c(C)c(C(=O)NCC(O)c3ccccc3C(F)(F)F)sc2n1. The average molecular weight is 455 g/mol. The van der Waals surface area contributed by atoms with Gasteiger partial charge in [-0.2, -0.15) is 18.2 Å². The third-order valence-corrected chi connectivity index (χ3v) is 5.74. The summed E-state index contributed by atoms with van der Waals surface area (Å²) in [7, 11) is 2.95. The number of hydrogen-bond donors (Lipinski definition) is 2. The van der Waals surface area contributed by atoms with Crippen LogP contribution in [0.5, 0.6) is 5.88 Å². The summed E-state index contributed by atoms with van der Waals surface area (Å²) in [5, 5.41) is 13.3. The van der Waals surface area contributed by atoms with Gasteiger partial charge in [0.05, 0.1) is 29.0 Å². The van der Waals surface area contributed by atoms with Crippen molar-refractivity contribution in [1.82, 2.24) is 15.3 Å². The Morgan fingerprint density at radius 3 is 2.61 bits per heavy atom. The van der Waals surface area contributed by atoms with Gasteiger partial charge in [-0.15, -0.1) is 11.3 Å². The van der Waals surface area contributed by atoms with Crippen LogP contribution in [0.25, 0.3) is 10.2 Å². The standard InChI is InChI=1S/C20H20F3N3O4S/c1-10-15-18(30-3)25-14(9-29-2)26-19(15)31-16(10)17(28)24-8-13(27)11-6-4-5-7-12(11)20(21,22)23/h4-7,13,27H,8-9H2,1-3H3,(H,24,28). The molecular formula is C20H20F3N3O4S. The second kappa shape index (κ2) is 9.16. The van der Waals surface area contributed by atoms with E-state index in [2.05, 4.69) is 15.3 Å². The molecule has 1 aromatic carbocycles. The molecule has 2 heterocycles. The zero-order valence-electron chi connectivity index (χ0n) is 16.9. The second-order valence-corrected chi connectivity index (χ2v) is 7.63. The first-order valence-electron chi connectivity index (χ1n) is 9.12. The zero-order valence-corrected chi connectivity index (χ0v) is 17.7. The smallest absolute Gasteiger partial charge is 0.416 e. The molecule has 0 saturated heterocycles. The van der Waals surface area contributed by atoms with E-state index >= 15 is 0 Å². The monoisotopic (exact) mass is 455 g/mol. The maximum absolute atomic E-state index is 13.2. The van der Waals surface area contributed by atoms with Gasteiger partial charge in [-0.1, -0.05) is 18.2 Å². The van der Waals surface area contributed by atoms with Crippen molar-refractivity contribution in [2.45, 2.75) is 25.8 Å². The number of carbonyl (C=O) groups excluding carboxylic acids is 1. The fourth-order valence-corrected chi connectivity index (χ4v) is 4.23. The maximum Gasteiger partial charge on any atom is 0.416 e. The summed E-state index contributed by atoms with van der Waals surface area (Å²) in [6.45, 7) is 1.47. The van der Waals surface area contributed by atoms with Gasteiger partial charge in [-0.3, -0.25) is 4.79 Å². The minimum atomic E-state index is -4.61. The summed E-state index contributed by atoms with van der Waals surface area (Å²) in [5.41, 5.74) is -0.677. The van der Waals surface area contributed by atoms with Crippen LogP contribution in [0, 0.1) is 6.92 Å². The summed E-state index contributed by atoms with van der Waals surface area (Å²) in [6, 6.07) is 4.71. The molecule has 0 aliphatic rings. The highest BCUT2D eigenvalue weighted by atomic mass is 32.1. The molecule has 0 aliphatic carbocycles. The molecule has 0 spiro atoms. The number of ether oxygens (including phenoxy) is 2. The molecule has 0 radical (unpaired) electrons. The predicted octanol–water partition coefficient (Wildman–Crippen LogP) is 3.64. The Morgan fingerprint density at radius 2 is 1.97 bits per heavy atom. The van der Waals surface area contributed by atoms with Crippen molar-refractivity contribution < 1.29 is 32.5 Å². The van der Waals surface area contributed by atoms with Crippen molar-refractivity contribution in [3.05, 3.63) is 51.7 Å². The molecule has 0 aliphatic heterocycles. The molecule has 1 amide bonds. The Hall–Kier alpha value is -2.76. The number of amides is 1. The van der Waals surface area contributed by atoms with Crippen LogP contribution >= 0.6 is 11.3 Å². The second-order valence-electron chi connectivity index (χ2n) is 6.63. The van der Waals surface area contributed by atoms with Gasteiger partial charge in [0.1, 0.15) is 11.4 Å². The first-order chi connectivity index (χ1) is 14.7. The summed E-state index contributed by atoms with van der Waals surface area (Å²) in [5.74, 6) is 0.141. The molecule has 1 atom stereocenters. The highest BCUT2D eigenvalue weighted by Crippen LogP contribution is 2.36. The number of benzene rings is 1. The molecule has 3 rings (SSSR count). The quantitative estimate of drug-likeness (QED) is 0.565. The number of halogens is 3. The number of alkyl halides is 3. The molecule has 0 fully saturated rings. The summed E-state index contributed by atoms with van der Waals surface area (Å²) >= 11 is 1.10. The lowest BCUT2D eigenvalue weighted by Crippen LogP contribution is -2.29. The molecule has 31 heavy (non-hydrogen) atoms. The predicted molar refractivity (Wildman–Crippen MR) is 108 cm³/mol. The number of aromatic nitrogens is 2. The van der Waals surface area contributed by atoms with E-state index in [4.69, 9.17) is 9.47 Å². The number of nitrogens with zero attached hydrogens (tertiary/aromatic N) is 2. The topological polar surface area (TPSA) is 93.6 Å². The van der Waals surface area contributed by atoms with Crippen molar-refractivity contribution >= 4 is 27.5 Å². The molecule has 7 nitrogen and oxygen atoms in total. The lowest BCUT2D eigenvalue weighted by Gasteiger charge is -2.17. The molecule has 3 aromatic rings. The molecule has 166 valence electrons. The van der Waals surface area contributed by atoms with Crippen LogP contribution in [0.4, 0.5) is 13.2 Å². The first-order valence-corrected chi connectivity index (χ1v) is 9.94. The molecule has 2 N–H and O–H groups in total. The third-order valence-electron chi connectivity index (χ3n) is 4.56. The van der Waals surface area contributed by atoms with Crippen molar-refractivity contribution in [2.75, 3.05) is 20.8 Å². The Balaban J connectivity index is 1.84. The third kappa shape index (κ3) is 4.78. The van der Waals surface area contributed by atoms with E-state index < -0.39 is 30.3 Å². The Kier molecular flexibility index (Phi) is 6.77. The number of methoxy groups -OCH3 is 2. The Morgan fingerprint density at radius 1 is 1.26 bits per heavy atom. The zero-order chi connectivity index (χ0) is 22.8. The number of nitrogens with one attached hydrogen (secondary N) is 1. The number of fused-ring (bicyclic) bond motifs is 1. The van der Waals surface area contributed by atoms with E-state index in [0.29, 0.717) is 32.4 Å². The van der Waals surface area contributed by atoms with Crippen molar-refractivity contribution in [3.63, 3.8) is 0 Å². The van der Waals surface area contributed by atoms with E-state index in [0.717, 1.165) is 17.4 Å². The van der Waals surface area contributed by atoms with Gasteiger partial charge in [-0.25, -0.2) is 4.98 Å². The van der Waals surface area contributed by atoms with Crippen LogP contribution in [0.2, 0.25) is 0 Å². The number of aliphatic hydroxyl groups is 1. The minimum absolute atomic E-state index is 0.162. The van der Waals surface area contributed by atoms with E-state index in [1.54, 1.807) is 6.92 Å². The highest BCUT2D eigenvalue weighted by Gasteiger charge is 2.34. The number of rotatable bonds is 7. The number of hydrogen-bond acceptors (Lipinski definition) is 7. The number of aliphatic hydroxyl groups excluding tert-OH is 1. The largest absolute Gasteiger partial charge is 0.480 e. The van der Waals surface area contributed by atoms with Crippen LogP contribution in [0.1, 0.15) is 38.3 Å². The van der Waals surface area contributed by atoms with Crippen LogP contribution in [-0.2, 0) is 17.5 Å². The van der Waals surface area contributed by atoms with Gasteiger partial charge in [0.15, 0.2) is 5.82 Å². The van der Waals surface area contributed by atoms with Crippen molar-refractivity contribution in [2.24, 2.45) is 0 Å². The summed E-state index contributed by atoms with van der Waals surface area (Å²) in [4.78, 5) is 22.2. The van der Waals surface area contributed by atoms with E-state index in [-0.39, 0.29) is 12.2 Å². The number of thiophene rings is 1. The number of aryl methyl sites for hydroxylation is 1. The molecule has 11 heteroatoms. The molecule has 0 saturated carbocycles. The Labute approximate surface area is 179 Å². The number of carbonyl (C=O) groups is 1. The van der Waals surface area contributed by atoms with Gasteiger partial charge in [0.25, 0.3) is 5.91 Å². The normalized spacial score (nSPS) is 12.7. The molecule has 0 bridgehead atoms. The highest BCUT2D eigenvalue weighted by molar-refractivity contribution is 7.20. The van der Waals surface area contributed by atoms with Crippen LogP contribution in [-0.4, -0.2) is 41.7 Å². The molecular weight excluding hydrogens is 435 g/mol. The molecule has 1 unspecified atom stereocenters. The van der Waals surface area contributed by atoms with Crippen molar-refractivity contribution in [3.8, 4) is 5.88 Å². The van der Waals surface area contributed by atoms with Crippen LogP contribution < -0.4 is 10.1 Å². The van der Waals surface area contributed by atoms with Gasteiger partial charge in [0.2, 0.25) is 5.88 Å². The van der Waals surface area contributed by atoms with Gasteiger partial charge < -0.3 is 19.9 Å². The maximum atomic E-state index is 13.2. The van der Waals surface area contributed by atoms with Gasteiger partial charge in [-0.05, 0) is 24.1 Å². The summed E-state index contributed by atoms with van der Waals surface area (Å²) < 4.78 is 49.9. The van der Waals surface area contributed by atoms with E-state index in [1.165, 1.54) is 32.4 Å². The fraction of sp³-hybridized carbons (Fsp3) is 0.350. The average Bonchev–Trinajstić information content (AvgIpc) is 3.07. The van der Waals surface area contributed by atoms with Crippen LogP contribution in [0.3, 0.4) is 0 Å². The molecule has 2 aromatic heterocycles. The summed E-state index contributed by atoms with van der Waals surface area (Å²) in [6.07, 6.45) is -6.14. The minimum Gasteiger partial charge on any atom is -0.480 e. The van der Waals surface area contributed by atoms with Crippen LogP contribution in [0.15, 0.2) is 24.3 Å². The fourth-order valence-electron chi connectivity index (χ4n) is 3.13. The lowest BCUT2D eigenvalue weighted by molar-refractivity contribution is -0.139. The lowest BCUT2D eigenvalue weighted by atomic mass is 10.0. The van der Waals surface area contributed by atoms with E-state index in [1.807, 2.05) is 0 Å². The van der Waals surface area contributed by atoms with Crippen molar-refractivity contribution in [1.29, 1.82) is 0 Å². The van der Waals surface area contributed by atoms with E-state index in [9.17, 15) is 23.1 Å².